The molecule has 0 unspecified atom stereocenters. The Kier molecular flexibility index (Phi) is 2.47. The molecule has 0 aromatic carbocycles. The zero-order chi connectivity index (χ0) is 8.27. The van der Waals surface area contributed by atoms with Gasteiger partial charge in [-0.15, -0.1) is 0 Å². The zero-order valence-electron chi connectivity index (χ0n) is 6.83. The standard InChI is InChI=1S/C9H12O2/c1-7(2)9(10)5-8-3-4-11-6-8/h3-4,6-7H,5H2,1-2H3. The summed E-state index contributed by atoms with van der Waals surface area (Å²) in [5.41, 5.74) is 0.962. The Morgan fingerprint density at radius 1 is 1.64 bits per heavy atom. The van der Waals surface area contributed by atoms with Gasteiger partial charge in [-0.05, 0) is 11.6 Å². The number of carbonyl (C=O) groups is 1. The molecule has 0 fully saturated rings. The maximum Gasteiger partial charge on any atom is 0.139 e. The number of carbonyl (C=O) groups excluding carboxylic acids is 1. The van der Waals surface area contributed by atoms with Gasteiger partial charge in [-0.1, -0.05) is 13.8 Å². The van der Waals surface area contributed by atoms with Crippen molar-refractivity contribution in [1.29, 1.82) is 0 Å². The second-order valence-corrected chi connectivity index (χ2v) is 2.93. The largest absolute Gasteiger partial charge is 0.472 e. The molecule has 0 bridgehead atoms. The van der Waals surface area contributed by atoms with E-state index >= 15 is 0 Å². The van der Waals surface area contributed by atoms with Gasteiger partial charge in [0, 0.05) is 12.3 Å². The first-order valence-corrected chi connectivity index (χ1v) is 3.74. The van der Waals surface area contributed by atoms with Gasteiger partial charge in [-0.25, -0.2) is 0 Å². The first-order chi connectivity index (χ1) is 5.20. The minimum Gasteiger partial charge on any atom is -0.472 e. The van der Waals surface area contributed by atoms with E-state index in [0.29, 0.717) is 6.42 Å². The highest BCUT2D eigenvalue weighted by atomic mass is 16.3. The van der Waals surface area contributed by atoms with Crippen molar-refractivity contribution in [3.63, 3.8) is 0 Å². The molecule has 0 N–H and O–H groups in total. The van der Waals surface area contributed by atoms with E-state index in [1.54, 1.807) is 12.5 Å². The Balaban J connectivity index is 2.50. The predicted octanol–water partition coefficient (Wildman–Crippen LogP) is 2.05. The highest BCUT2D eigenvalue weighted by molar-refractivity contribution is 5.82. The van der Waals surface area contributed by atoms with Gasteiger partial charge in [0.25, 0.3) is 0 Å². The molecule has 11 heavy (non-hydrogen) atoms. The van der Waals surface area contributed by atoms with Crippen LogP contribution in [0.4, 0.5) is 0 Å². The summed E-state index contributed by atoms with van der Waals surface area (Å²) in [4.78, 5) is 11.2. The average molecular weight is 152 g/mol. The van der Waals surface area contributed by atoms with Crippen molar-refractivity contribution in [2.75, 3.05) is 0 Å². The quantitative estimate of drug-likeness (QED) is 0.663. The van der Waals surface area contributed by atoms with Gasteiger partial charge in [0.2, 0.25) is 0 Å². The summed E-state index contributed by atoms with van der Waals surface area (Å²) in [5.74, 6) is 0.372. The van der Waals surface area contributed by atoms with Crippen LogP contribution in [0.25, 0.3) is 0 Å². The molecule has 0 atom stereocenters. The molecule has 0 saturated carbocycles. The van der Waals surface area contributed by atoms with Gasteiger partial charge >= 0.3 is 0 Å². The van der Waals surface area contributed by atoms with Crippen LogP contribution in [0.1, 0.15) is 19.4 Å². The van der Waals surface area contributed by atoms with E-state index in [2.05, 4.69) is 0 Å². The molecule has 0 aliphatic carbocycles. The van der Waals surface area contributed by atoms with Crippen molar-refractivity contribution < 1.29 is 9.21 Å². The second-order valence-electron chi connectivity index (χ2n) is 2.93. The number of ketones is 1. The van der Waals surface area contributed by atoms with Crippen LogP contribution in [0, 0.1) is 5.92 Å². The van der Waals surface area contributed by atoms with Crippen molar-refractivity contribution in [3.05, 3.63) is 24.2 Å². The van der Waals surface area contributed by atoms with Crippen LogP contribution < -0.4 is 0 Å². The Labute approximate surface area is 66.2 Å². The molecule has 0 amide bonds. The number of Topliss-reactive ketones (excluding diaryl/α,β-unsaturated/α-hetero) is 1. The van der Waals surface area contributed by atoms with Crippen molar-refractivity contribution >= 4 is 5.78 Å². The molecule has 0 aliphatic heterocycles. The maximum absolute atomic E-state index is 11.2. The normalized spacial score (nSPS) is 10.5. The van der Waals surface area contributed by atoms with Crippen molar-refractivity contribution in [2.45, 2.75) is 20.3 Å². The van der Waals surface area contributed by atoms with Crippen LogP contribution in [0.15, 0.2) is 23.0 Å². The highest BCUT2D eigenvalue weighted by Crippen LogP contribution is 2.05. The number of hydrogen-bond acceptors (Lipinski definition) is 2. The first kappa shape index (κ1) is 8.05. The lowest BCUT2D eigenvalue weighted by atomic mass is 10.0. The lowest BCUT2D eigenvalue weighted by Gasteiger charge is -1.99. The average Bonchev–Trinajstić information content (AvgIpc) is 2.39. The van der Waals surface area contributed by atoms with E-state index < -0.39 is 0 Å². The van der Waals surface area contributed by atoms with Crippen molar-refractivity contribution in [1.82, 2.24) is 0 Å². The summed E-state index contributed by atoms with van der Waals surface area (Å²) in [6, 6.07) is 1.82. The molecular weight excluding hydrogens is 140 g/mol. The van der Waals surface area contributed by atoms with Crippen LogP contribution in [0.5, 0.6) is 0 Å². The molecule has 0 aliphatic rings. The zero-order valence-corrected chi connectivity index (χ0v) is 6.83. The van der Waals surface area contributed by atoms with Gasteiger partial charge < -0.3 is 4.42 Å². The fraction of sp³-hybridized carbons (Fsp3) is 0.444. The lowest BCUT2D eigenvalue weighted by Crippen LogP contribution is -2.09. The number of furan rings is 1. The fourth-order valence-corrected chi connectivity index (χ4v) is 0.799. The van der Waals surface area contributed by atoms with E-state index in [4.69, 9.17) is 4.42 Å². The van der Waals surface area contributed by atoms with Crippen LogP contribution in [-0.2, 0) is 11.2 Å². The highest BCUT2D eigenvalue weighted by Gasteiger charge is 2.08. The van der Waals surface area contributed by atoms with Gasteiger partial charge in [-0.3, -0.25) is 4.79 Å². The molecular formula is C9H12O2. The minimum atomic E-state index is 0.116. The lowest BCUT2D eigenvalue weighted by molar-refractivity contribution is -0.121. The van der Waals surface area contributed by atoms with Crippen LogP contribution in [0.2, 0.25) is 0 Å². The summed E-state index contributed by atoms with van der Waals surface area (Å²) >= 11 is 0. The fourth-order valence-electron chi connectivity index (χ4n) is 0.799. The minimum absolute atomic E-state index is 0.116. The summed E-state index contributed by atoms with van der Waals surface area (Å²) < 4.78 is 4.84. The Hall–Kier alpha value is -1.05. The van der Waals surface area contributed by atoms with E-state index in [0.717, 1.165) is 5.56 Å². The third-order valence-electron chi connectivity index (χ3n) is 1.60. The Morgan fingerprint density at radius 2 is 2.36 bits per heavy atom. The molecule has 1 rings (SSSR count). The van der Waals surface area contributed by atoms with E-state index in [-0.39, 0.29) is 11.7 Å². The smallest absolute Gasteiger partial charge is 0.139 e. The van der Waals surface area contributed by atoms with Gasteiger partial charge in [0.1, 0.15) is 5.78 Å². The van der Waals surface area contributed by atoms with E-state index in [1.165, 1.54) is 0 Å². The summed E-state index contributed by atoms with van der Waals surface area (Å²) in [6.45, 7) is 3.81. The molecule has 2 nitrogen and oxygen atoms in total. The predicted molar refractivity (Wildman–Crippen MR) is 42.3 cm³/mol. The molecule has 2 heteroatoms. The van der Waals surface area contributed by atoms with Gasteiger partial charge in [0.05, 0.1) is 12.5 Å². The molecule has 1 aromatic rings. The van der Waals surface area contributed by atoms with Crippen LogP contribution in [0.3, 0.4) is 0 Å². The SMILES string of the molecule is CC(C)C(=O)Cc1ccoc1. The van der Waals surface area contributed by atoms with Crippen molar-refractivity contribution in [2.24, 2.45) is 5.92 Å². The molecule has 0 saturated heterocycles. The van der Waals surface area contributed by atoms with E-state index in [1.807, 2.05) is 19.9 Å². The molecule has 1 heterocycles. The maximum atomic E-state index is 11.2. The van der Waals surface area contributed by atoms with E-state index in [9.17, 15) is 4.79 Å². The molecule has 0 spiro atoms. The summed E-state index contributed by atoms with van der Waals surface area (Å²) in [7, 11) is 0. The monoisotopic (exact) mass is 152 g/mol. The molecule has 0 radical (unpaired) electrons. The molecule has 60 valence electrons. The van der Waals surface area contributed by atoms with Gasteiger partial charge in [-0.2, -0.15) is 0 Å². The van der Waals surface area contributed by atoms with Crippen LogP contribution in [-0.4, -0.2) is 5.78 Å². The molecule has 1 aromatic heterocycles. The van der Waals surface area contributed by atoms with Crippen molar-refractivity contribution in [3.8, 4) is 0 Å². The van der Waals surface area contributed by atoms with Gasteiger partial charge in [0.15, 0.2) is 0 Å². The summed E-state index contributed by atoms with van der Waals surface area (Å²) in [6.07, 6.45) is 3.69. The second kappa shape index (κ2) is 3.37. The summed E-state index contributed by atoms with van der Waals surface area (Å²) in [5, 5.41) is 0. The number of hydrogen-bond donors (Lipinski definition) is 0. The topological polar surface area (TPSA) is 30.2 Å². The number of rotatable bonds is 3. The third-order valence-corrected chi connectivity index (χ3v) is 1.60. The first-order valence-electron chi connectivity index (χ1n) is 3.74. The Morgan fingerprint density at radius 3 is 2.82 bits per heavy atom. The third kappa shape index (κ3) is 2.22. The Bertz CT molecular complexity index is 222. The van der Waals surface area contributed by atoms with Crippen LogP contribution >= 0.6 is 0 Å².